The van der Waals surface area contributed by atoms with Gasteiger partial charge in [0.1, 0.15) is 16.8 Å². The topological polar surface area (TPSA) is 86.1 Å². The van der Waals surface area contributed by atoms with E-state index in [1.54, 1.807) is 0 Å². The van der Waals surface area contributed by atoms with Gasteiger partial charge in [-0.3, -0.25) is 0 Å². The highest BCUT2D eigenvalue weighted by Crippen LogP contribution is 2.32. The van der Waals surface area contributed by atoms with E-state index < -0.39 is 10.0 Å². The molecule has 1 atom stereocenters. The maximum absolute atomic E-state index is 12.1. The lowest BCUT2D eigenvalue weighted by Gasteiger charge is -2.23. The molecule has 3 heterocycles. The van der Waals surface area contributed by atoms with Crippen LogP contribution >= 0.6 is 13.5 Å². The number of hydrogen-bond donors (Lipinski definition) is 1. The Balaban J connectivity index is 0.00000133. The standard InChI is InChI=1S/C11H12N4O2S.H2S/c12-5-8-4-10-11(13-6-8)15-3-1-2-9(15)7-14-18(10,16)17;/h4,6,9,14H,1-3,7H2;1H2/t9-;/m0./s1. The average molecular weight is 298 g/mol. The largest absolute Gasteiger partial charge is 0.351 e. The smallest absolute Gasteiger partial charge is 0.244 e. The second-order valence-electron chi connectivity index (χ2n) is 4.50. The molecule has 1 aromatic rings. The Bertz CT molecular complexity index is 639. The van der Waals surface area contributed by atoms with Crippen molar-refractivity contribution in [2.45, 2.75) is 23.8 Å². The van der Waals surface area contributed by atoms with Gasteiger partial charge in [0.15, 0.2) is 0 Å². The van der Waals surface area contributed by atoms with Crippen LogP contribution in [0.1, 0.15) is 18.4 Å². The molecular weight excluding hydrogens is 284 g/mol. The number of rotatable bonds is 0. The van der Waals surface area contributed by atoms with Crippen LogP contribution in [0.25, 0.3) is 0 Å². The maximum Gasteiger partial charge on any atom is 0.244 e. The second kappa shape index (κ2) is 5.00. The molecular formula is C11H14N4O2S2. The van der Waals surface area contributed by atoms with Crippen LogP contribution in [0, 0.1) is 11.3 Å². The summed E-state index contributed by atoms with van der Waals surface area (Å²) in [7, 11) is -3.56. The van der Waals surface area contributed by atoms with E-state index in [2.05, 4.69) is 9.71 Å². The van der Waals surface area contributed by atoms with E-state index in [9.17, 15) is 8.42 Å². The molecule has 0 aliphatic carbocycles. The van der Waals surface area contributed by atoms with Gasteiger partial charge in [-0.1, -0.05) is 0 Å². The Morgan fingerprint density at radius 1 is 1.53 bits per heavy atom. The van der Waals surface area contributed by atoms with Crippen LogP contribution < -0.4 is 9.62 Å². The average Bonchev–Trinajstić information content (AvgIpc) is 2.80. The maximum atomic E-state index is 12.1. The number of nitrogens with zero attached hydrogens (tertiary/aromatic N) is 3. The highest BCUT2D eigenvalue weighted by atomic mass is 32.2. The summed E-state index contributed by atoms with van der Waals surface area (Å²) in [5.74, 6) is 0.474. The second-order valence-corrected chi connectivity index (χ2v) is 6.23. The molecule has 2 aliphatic rings. The number of sulfonamides is 1. The lowest BCUT2D eigenvalue weighted by atomic mass is 10.2. The number of nitriles is 1. The van der Waals surface area contributed by atoms with Gasteiger partial charge < -0.3 is 4.90 Å². The number of fused-ring (bicyclic) bond motifs is 3. The number of aromatic nitrogens is 1. The third-order valence-electron chi connectivity index (χ3n) is 3.41. The van der Waals surface area contributed by atoms with E-state index in [0.717, 1.165) is 19.4 Å². The van der Waals surface area contributed by atoms with Crippen molar-refractivity contribution in [3.8, 4) is 6.07 Å². The predicted molar refractivity (Wildman–Crippen MR) is 74.9 cm³/mol. The first kappa shape index (κ1) is 14.1. The summed E-state index contributed by atoms with van der Waals surface area (Å²) in [6.45, 7) is 1.22. The molecule has 0 amide bonds. The quantitative estimate of drug-likeness (QED) is 0.746. The van der Waals surface area contributed by atoms with E-state index in [4.69, 9.17) is 5.26 Å². The van der Waals surface area contributed by atoms with Gasteiger partial charge in [0.25, 0.3) is 0 Å². The summed E-state index contributed by atoms with van der Waals surface area (Å²) >= 11 is 0. The van der Waals surface area contributed by atoms with Gasteiger partial charge in [-0.25, -0.2) is 18.1 Å². The minimum Gasteiger partial charge on any atom is -0.351 e. The fourth-order valence-corrected chi connectivity index (χ4v) is 3.78. The molecule has 3 rings (SSSR count). The summed E-state index contributed by atoms with van der Waals surface area (Å²) in [5.41, 5.74) is 0.261. The van der Waals surface area contributed by atoms with Crippen LogP contribution in [0.15, 0.2) is 17.2 Å². The summed E-state index contributed by atoms with van der Waals surface area (Å²) in [6, 6.07) is 3.48. The number of pyridine rings is 1. The zero-order valence-electron chi connectivity index (χ0n) is 10.1. The molecule has 2 aliphatic heterocycles. The zero-order valence-corrected chi connectivity index (χ0v) is 11.9. The summed E-state index contributed by atoms with van der Waals surface area (Å²) in [4.78, 5) is 6.31. The van der Waals surface area contributed by atoms with E-state index in [0.29, 0.717) is 12.4 Å². The first-order chi connectivity index (χ1) is 8.62. The normalized spacial score (nSPS) is 23.5. The molecule has 0 aromatic carbocycles. The molecule has 1 saturated heterocycles. The van der Waals surface area contributed by atoms with E-state index in [-0.39, 0.29) is 30.0 Å². The SMILES string of the molecule is N#Cc1cnc2c(c1)S(=O)(=O)NC[C@@H]1CCCN21.S. The molecule has 102 valence electrons. The fourth-order valence-electron chi connectivity index (χ4n) is 2.52. The minimum atomic E-state index is -3.56. The fraction of sp³-hybridized carbons (Fsp3) is 0.455. The number of nitrogens with one attached hydrogen (secondary N) is 1. The van der Waals surface area contributed by atoms with Gasteiger partial charge in [0.05, 0.1) is 5.56 Å². The van der Waals surface area contributed by atoms with E-state index in [1.807, 2.05) is 11.0 Å². The molecule has 1 N–H and O–H groups in total. The van der Waals surface area contributed by atoms with Crippen LogP contribution in [-0.4, -0.2) is 32.5 Å². The molecule has 0 spiro atoms. The van der Waals surface area contributed by atoms with E-state index >= 15 is 0 Å². The van der Waals surface area contributed by atoms with Crippen molar-refractivity contribution in [1.82, 2.24) is 9.71 Å². The Morgan fingerprint density at radius 3 is 3.05 bits per heavy atom. The van der Waals surface area contributed by atoms with Gasteiger partial charge in [-0.05, 0) is 18.9 Å². The number of hydrogen-bond acceptors (Lipinski definition) is 5. The van der Waals surface area contributed by atoms with Crippen molar-refractivity contribution in [3.05, 3.63) is 17.8 Å². The van der Waals surface area contributed by atoms with Gasteiger partial charge >= 0.3 is 0 Å². The van der Waals surface area contributed by atoms with Crippen LogP contribution in [0.2, 0.25) is 0 Å². The molecule has 0 bridgehead atoms. The molecule has 6 nitrogen and oxygen atoms in total. The van der Waals surface area contributed by atoms with Crippen LogP contribution in [0.4, 0.5) is 5.82 Å². The molecule has 0 saturated carbocycles. The number of anilines is 1. The highest BCUT2D eigenvalue weighted by molar-refractivity contribution is 7.89. The minimum absolute atomic E-state index is 0. The van der Waals surface area contributed by atoms with Gasteiger partial charge in [-0.2, -0.15) is 18.8 Å². The lowest BCUT2D eigenvalue weighted by molar-refractivity contribution is 0.575. The third-order valence-corrected chi connectivity index (χ3v) is 4.84. The lowest BCUT2D eigenvalue weighted by Crippen LogP contribution is -2.36. The van der Waals surface area contributed by atoms with Crippen molar-refractivity contribution in [1.29, 1.82) is 5.26 Å². The molecule has 19 heavy (non-hydrogen) atoms. The van der Waals surface area contributed by atoms with Crippen molar-refractivity contribution >= 4 is 29.3 Å². The molecule has 8 heteroatoms. The first-order valence-electron chi connectivity index (χ1n) is 5.78. The molecule has 1 aromatic heterocycles. The van der Waals surface area contributed by atoms with Crippen molar-refractivity contribution in [2.24, 2.45) is 0 Å². The Labute approximate surface area is 118 Å². The van der Waals surface area contributed by atoms with Gasteiger partial charge in [-0.15, -0.1) is 0 Å². The van der Waals surface area contributed by atoms with Crippen LogP contribution in [-0.2, 0) is 10.0 Å². The summed E-state index contributed by atoms with van der Waals surface area (Å²) in [5, 5.41) is 8.85. The van der Waals surface area contributed by atoms with E-state index in [1.165, 1.54) is 12.3 Å². The van der Waals surface area contributed by atoms with Crippen LogP contribution in [0.3, 0.4) is 0 Å². The van der Waals surface area contributed by atoms with Crippen molar-refractivity contribution in [3.63, 3.8) is 0 Å². The molecule has 0 unspecified atom stereocenters. The van der Waals surface area contributed by atoms with Gasteiger partial charge in [0, 0.05) is 25.3 Å². The van der Waals surface area contributed by atoms with Gasteiger partial charge in [0.2, 0.25) is 10.0 Å². The molecule has 0 radical (unpaired) electrons. The van der Waals surface area contributed by atoms with Crippen molar-refractivity contribution < 1.29 is 8.42 Å². The third kappa shape index (κ3) is 2.29. The van der Waals surface area contributed by atoms with Crippen molar-refractivity contribution in [2.75, 3.05) is 18.0 Å². The highest BCUT2D eigenvalue weighted by Gasteiger charge is 2.35. The Hall–Kier alpha value is -1.30. The van der Waals surface area contributed by atoms with Crippen LogP contribution in [0.5, 0.6) is 0 Å². The Morgan fingerprint density at radius 2 is 2.32 bits per heavy atom. The predicted octanol–water partition coefficient (Wildman–Crippen LogP) is 0.327. The summed E-state index contributed by atoms with van der Waals surface area (Å²) in [6.07, 6.45) is 3.42. The molecule has 1 fully saturated rings. The first-order valence-corrected chi connectivity index (χ1v) is 7.26. The zero-order chi connectivity index (χ0) is 12.8. The monoisotopic (exact) mass is 298 g/mol. The summed E-state index contributed by atoms with van der Waals surface area (Å²) < 4.78 is 26.8. The Kier molecular flexibility index (Phi) is 3.71.